The fourth-order valence-electron chi connectivity index (χ4n) is 2.18. The SMILES string of the molecule is NC(=O)C1CC(Cc2cccc(F)c2)CN1. The van der Waals surface area contributed by atoms with Gasteiger partial charge in [-0.25, -0.2) is 4.39 Å². The zero-order valence-corrected chi connectivity index (χ0v) is 8.95. The Labute approximate surface area is 93.8 Å². The van der Waals surface area contributed by atoms with Gasteiger partial charge in [0.1, 0.15) is 5.82 Å². The molecule has 3 nitrogen and oxygen atoms in total. The molecule has 2 unspecified atom stereocenters. The Morgan fingerprint density at radius 1 is 1.56 bits per heavy atom. The van der Waals surface area contributed by atoms with E-state index in [0.29, 0.717) is 5.92 Å². The molecule has 1 aromatic carbocycles. The normalized spacial score (nSPS) is 24.6. The first-order chi connectivity index (χ1) is 7.65. The highest BCUT2D eigenvalue weighted by atomic mass is 19.1. The highest BCUT2D eigenvalue weighted by Gasteiger charge is 2.27. The molecule has 1 aliphatic rings. The molecular weight excluding hydrogens is 207 g/mol. The summed E-state index contributed by atoms with van der Waals surface area (Å²) in [7, 11) is 0. The van der Waals surface area contributed by atoms with Crippen LogP contribution in [-0.2, 0) is 11.2 Å². The quantitative estimate of drug-likeness (QED) is 0.796. The van der Waals surface area contributed by atoms with Crippen molar-refractivity contribution >= 4 is 5.91 Å². The van der Waals surface area contributed by atoms with Gasteiger partial charge in [0.2, 0.25) is 5.91 Å². The van der Waals surface area contributed by atoms with Gasteiger partial charge in [-0.3, -0.25) is 4.79 Å². The minimum absolute atomic E-state index is 0.213. The Kier molecular flexibility index (Phi) is 3.19. The van der Waals surface area contributed by atoms with Crippen molar-refractivity contribution in [2.45, 2.75) is 18.9 Å². The topological polar surface area (TPSA) is 55.1 Å². The largest absolute Gasteiger partial charge is 0.368 e. The van der Waals surface area contributed by atoms with Crippen molar-refractivity contribution in [1.82, 2.24) is 5.32 Å². The van der Waals surface area contributed by atoms with Crippen LogP contribution >= 0.6 is 0 Å². The average molecular weight is 222 g/mol. The van der Waals surface area contributed by atoms with E-state index in [0.717, 1.165) is 24.9 Å². The summed E-state index contributed by atoms with van der Waals surface area (Å²) in [5.74, 6) is -0.157. The van der Waals surface area contributed by atoms with Gasteiger partial charge in [0.25, 0.3) is 0 Å². The molecule has 2 atom stereocenters. The van der Waals surface area contributed by atoms with E-state index in [2.05, 4.69) is 5.32 Å². The van der Waals surface area contributed by atoms with Crippen molar-refractivity contribution < 1.29 is 9.18 Å². The third-order valence-electron chi connectivity index (χ3n) is 2.98. The molecule has 1 amide bonds. The zero-order valence-electron chi connectivity index (χ0n) is 8.95. The molecule has 0 bridgehead atoms. The molecule has 0 aliphatic carbocycles. The Bertz CT molecular complexity index is 394. The number of rotatable bonds is 3. The standard InChI is InChI=1S/C12H15FN2O/c13-10-3-1-2-8(5-10)4-9-6-11(12(14)16)15-7-9/h1-3,5,9,11,15H,4,6-7H2,(H2,14,16). The van der Waals surface area contributed by atoms with E-state index < -0.39 is 0 Å². The Morgan fingerprint density at radius 2 is 2.38 bits per heavy atom. The lowest BCUT2D eigenvalue weighted by molar-refractivity contribution is -0.119. The summed E-state index contributed by atoms with van der Waals surface area (Å²) in [4.78, 5) is 11.0. The Hall–Kier alpha value is -1.42. The van der Waals surface area contributed by atoms with Crippen molar-refractivity contribution in [2.75, 3.05) is 6.54 Å². The van der Waals surface area contributed by atoms with Crippen molar-refractivity contribution in [2.24, 2.45) is 11.7 Å². The molecule has 3 N–H and O–H groups in total. The molecule has 0 spiro atoms. The van der Waals surface area contributed by atoms with Crippen molar-refractivity contribution in [3.63, 3.8) is 0 Å². The number of halogens is 1. The molecule has 4 heteroatoms. The molecule has 16 heavy (non-hydrogen) atoms. The van der Waals surface area contributed by atoms with Crippen molar-refractivity contribution in [3.8, 4) is 0 Å². The van der Waals surface area contributed by atoms with Crippen LogP contribution in [0.5, 0.6) is 0 Å². The van der Waals surface area contributed by atoms with Crippen LogP contribution in [0.25, 0.3) is 0 Å². The molecule has 1 heterocycles. The van der Waals surface area contributed by atoms with Gasteiger partial charge in [0, 0.05) is 0 Å². The monoisotopic (exact) mass is 222 g/mol. The smallest absolute Gasteiger partial charge is 0.234 e. The van der Waals surface area contributed by atoms with E-state index in [4.69, 9.17) is 5.73 Å². The van der Waals surface area contributed by atoms with Gasteiger partial charge in [0.15, 0.2) is 0 Å². The summed E-state index contributed by atoms with van der Waals surface area (Å²) in [6.45, 7) is 0.768. The van der Waals surface area contributed by atoms with Gasteiger partial charge in [0.05, 0.1) is 6.04 Å². The van der Waals surface area contributed by atoms with Crippen molar-refractivity contribution in [3.05, 3.63) is 35.6 Å². The first-order valence-corrected chi connectivity index (χ1v) is 5.42. The van der Waals surface area contributed by atoms with Crippen molar-refractivity contribution in [1.29, 1.82) is 0 Å². The summed E-state index contributed by atoms with van der Waals surface area (Å²) in [5.41, 5.74) is 6.19. The first-order valence-electron chi connectivity index (χ1n) is 5.42. The first kappa shape index (κ1) is 11.1. The average Bonchev–Trinajstić information content (AvgIpc) is 2.66. The summed E-state index contributed by atoms with van der Waals surface area (Å²) in [5, 5.41) is 3.07. The Balaban J connectivity index is 1.94. The van der Waals surface area contributed by atoms with Gasteiger partial charge < -0.3 is 11.1 Å². The van der Waals surface area contributed by atoms with E-state index >= 15 is 0 Å². The second kappa shape index (κ2) is 4.61. The number of carbonyl (C=O) groups is 1. The van der Waals surface area contributed by atoms with E-state index in [1.807, 2.05) is 6.07 Å². The van der Waals surface area contributed by atoms with Gasteiger partial charge in [-0.15, -0.1) is 0 Å². The minimum atomic E-state index is -0.304. The fraction of sp³-hybridized carbons (Fsp3) is 0.417. The number of nitrogens with one attached hydrogen (secondary N) is 1. The lowest BCUT2D eigenvalue weighted by Gasteiger charge is -2.08. The predicted octanol–water partition coefficient (Wildman–Crippen LogP) is 0.832. The number of hydrogen-bond acceptors (Lipinski definition) is 2. The van der Waals surface area contributed by atoms with Gasteiger partial charge >= 0.3 is 0 Å². The number of hydrogen-bond donors (Lipinski definition) is 2. The van der Waals surface area contributed by atoms with E-state index in [1.165, 1.54) is 12.1 Å². The molecule has 0 aromatic heterocycles. The molecule has 1 aliphatic heterocycles. The molecule has 0 radical (unpaired) electrons. The van der Waals surface area contributed by atoms with E-state index in [-0.39, 0.29) is 17.8 Å². The molecule has 0 saturated carbocycles. The molecule has 86 valence electrons. The van der Waals surface area contributed by atoms with Crippen LogP contribution in [0.2, 0.25) is 0 Å². The maximum absolute atomic E-state index is 13.0. The number of benzene rings is 1. The summed E-state index contributed by atoms with van der Waals surface area (Å²) in [6.07, 6.45) is 1.53. The lowest BCUT2D eigenvalue weighted by atomic mass is 9.96. The van der Waals surface area contributed by atoms with Crippen LogP contribution in [0.4, 0.5) is 4.39 Å². The van der Waals surface area contributed by atoms with Crippen LogP contribution in [0.3, 0.4) is 0 Å². The Morgan fingerprint density at radius 3 is 3.00 bits per heavy atom. The maximum atomic E-state index is 13.0. The highest BCUT2D eigenvalue weighted by molar-refractivity contribution is 5.80. The zero-order chi connectivity index (χ0) is 11.5. The molecule has 1 aromatic rings. The lowest BCUT2D eigenvalue weighted by Crippen LogP contribution is -2.36. The number of nitrogens with two attached hydrogens (primary N) is 1. The highest BCUT2D eigenvalue weighted by Crippen LogP contribution is 2.19. The second-order valence-electron chi connectivity index (χ2n) is 4.30. The molecule has 1 fully saturated rings. The third kappa shape index (κ3) is 2.58. The summed E-state index contributed by atoms with van der Waals surface area (Å²) in [6, 6.07) is 6.36. The van der Waals surface area contributed by atoms with Crippen LogP contribution in [0, 0.1) is 11.7 Å². The van der Waals surface area contributed by atoms with Gasteiger partial charge in [-0.2, -0.15) is 0 Å². The molecule has 1 saturated heterocycles. The van der Waals surface area contributed by atoms with E-state index in [9.17, 15) is 9.18 Å². The van der Waals surface area contributed by atoms with Crippen LogP contribution < -0.4 is 11.1 Å². The van der Waals surface area contributed by atoms with Gasteiger partial charge in [-0.1, -0.05) is 12.1 Å². The number of amides is 1. The van der Waals surface area contributed by atoms with Crippen LogP contribution in [-0.4, -0.2) is 18.5 Å². The molecular formula is C12H15FN2O. The summed E-state index contributed by atoms with van der Waals surface area (Å²) < 4.78 is 13.0. The van der Waals surface area contributed by atoms with Crippen LogP contribution in [0.1, 0.15) is 12.0 Å². The molecule has 2 rings (SSSR count). The second-order valence-corrected chi connectivity index (χ2v) is 4.30. The fourth-order valence-corrected chi connectivity index (χ4v) is 2.18. The third-order valence-corrected chi connectivity index (χ3v) is 2.98. The van der Waals surface area contributed by atoms with Crippen LogP contribution in [0.15, 0.2) is 24.3 Å². The van der Waals surface area contributed by atoms with Gasteiger partial charge in [-0.05, 0) is 43.0 Å². The van der Waals surface area contributed by atoms with E-state index in [1.54, 1.807) is 6.07 Å². The number of primary amides is 1. The predicted molar refractivity (Wildman–Crippen MR) is 59.2 cm³/mol. The number of carbonyl (C=O) groups excluding carboxylic acids is 1. The maximum Gasteiger partial charge on any atom is 0.234 e. The summed E-state index contributed by atoms with van der Waals surface area (Å²) >= 11 is 0. The minimum Gasteiger partial charge on any atom is -0.368 e.